The van der Waals surface area contributed by atoms with Gasteiger partial charge in [-0.05, 0) is 23.8 Å². The molecule has 0 bridgehead atoms. The normalized spacial score (nSPS) is 12.3. The maximum atomic E-state index is 11.6. The number of nitrogens with one attached hydrogen (secondary N) is 1. The number of hydrogen-bond acceptors (Lipinski definition) is 3. The van der Waals surface area contributed by atoms with Crippen molar-refractivity contribution in [3.8, 4) is 0 Å². The number of carboxylic acid groups (broad SMARTS) is 1. The van der Waals surface area contributed by atoms with Crippen molar-refractivity contribution in [1.82, 2.24) is 5.32 Å². The third kappa shape index (κ3) is 6.49. The van der Waals surface area contributed by atoms with Gasteiger partial charge in [-0.1, -0.05) is 28.1 Å². The van der Waals surface area contributed by atoms with E-state index in [1.165, 1.54) is 13.2 Å². The molecule has 0 aliphatic heterocycles. The molecule has 1 amide bonds. The van der Waals surface area contributed by atoms with E-state index in [4.69, 9.17) is 9.84 Å². The number of carboxylic acids is 1. The number of carbonyl (C=O) groups is 2. The lowest BCUT2D eigenvalue weighted by Gasteiger charge is -2.12. The van der Waals surface area contributed by atoms with E-state index in [1.807, 2.05) is 24.3 Å². The molecule has 2 N–H and O–H groups in total. The van der Waals surface area contributed by atoms with Gasteiger partial charge in [0.2, 0.25) is 5.91 Å². The fraction of sp³-hybridized carbons (Fsp3) is 0.286. The van der Waals surface area contributed by atoms with Gasteiger partial charge in [0.1, 0.15) is 0 Å². The van der Waals surface area contributed by atoms with Gasteiger partial charge in [-0.2, -0.15) is 0 Å². The number of carbonyl (C=O) groups excluding carboxylic acids is 1. The molecule has 0 radical (unpaired) electrons. The molecule has 0 saturated heterocycles. The van der Waals surface area contributed by atoms with Crippen LogP contribution in [0.4, 0.5) is 0 Å². The molecular formula is C14H16BrNO4. The van der Waals surface area contributed by atoms with E-state index in [9.17, 15) is 9.59 Å². The molecule has 0 fully saturated rings. The van der Waals surface area contributed by atoms with Crippen molar-refractivity contribution in [1.29, 1.82) is 0 Å². The van der Waals surface area contributed by atoms with Crippen molar-refractivity contribution in [2.75, 3.05) is 13.7 Å². The molecule has 1 unspecified atom stereocenters. The molecule has 5 nitrogen and oxygen atoms in total. The lowest BCUT2D eigenvalue weighted by atomic mass is 10.2. The minimum absolute atomic E-state index is 0.146. The summed E-state index contributed by atoms with van der Waals surface area (Å²) >= 11 is 3.33. The fourth-order valence-electron chi connectivity index (χ4n) is 1.45. The molecule has 1 atom stereocenters. The Bertz CT molecular complexity index is 484. The Morgan fingerprint density at radius 3 is 2.60 bits per heavy atom. The quantitative estimate of drug-likeness (QED) is 0.744. The predicted molar refractivity (Wildman–Crippen MR) is 79.2 cm³/mol. The van der Waals surface area contributed by atoms with Gasteiger partial charge < -0.3 is 15.2 Å². The first kappa shape index (κ1) is 16.4. The lowest BCUT2D eigenvalue weighted by Crippen LogP contribution is -2.33. The van der Waals surface area contributed by atoms with Crippen molar-refractivity contribution < 1.29 is 19.4 Å². The molecule has 0 aliphatic carbocycles. The molecule has 0 aliphatic rings. The number of rotatable bonds is 7. The molecule has 108 valence electrons. The Morgan fingerprint density at radius 1 is 1.40 bits per heavy atom. The molecule has 0 heterocycles. The Labute approximate surface area is 125 Å². The molecule has 0 spiro atoms. The second kappa shape index (κ2) is 8.50. The highest BCUT2D eigenvalue weighted by atomic mass is 79.9. The highest BCUT2D eigenvalue weighted by Crippen LogP contribution is 2.11. The maximum Gasteiger partial charge on any atom is 0.306 e. The van der Waals surface area contributed by atoms with E-state index in [1.54, 1.807) is 6.08 Å². The summed E-state index contributed by atoms with van der Waals surface area (Å²) in [7, 11) is 1.41. The SMILES string of the molecule is COC(CNC(=O)/C=C/c1ccc(Br)cc1)CC(=O)O. The second-order valence-electron chi connectivity index (χ2n) is 4.09. The monoisotopic (exact) mass is 341 g/mol. The van der Waals surface area contributed by atoms with Crippen molar-refractivity contribution in [3.05, 3.63) is 40.4 Å². The number of hydrogen-bond donors (Lipinski definition) is 2. The minimum atomic E-state index is -0.962. The molecule has 1 aromatic rings. The van der Waals surface area contributed by atoms with Crippen LogP contribution in [-0.2, 0) is 14.3 Å². The van der Waals surface area contributed by atoms with Gasteiger partial charge in [0.05, 0.1) is 12.5 Å². The fourth-order valence-corrected chi connectivity index (χ4v) is 1.72. The number of aliphatic carboxylic acids is 1. The number of halogens is 1. The van der Waals surface area contributed by atoms with Crippen LogP contribution in [0.25, 0.3) is 6.08 Å². The van der Waals surface area contributed by atoms with Gasteiger partial charge in [-0.25, -0.2) is 0 Å². The van der Waals surface area contributed by atoms with Gasteiger partial charge in [-0.3, -0.25) is 9.59 Å². The molecule has 0 aromatic heterocycles. The molecule has 0 saturated carbocycles. The van der Waals surface area contributed by atoms with Crippen molar-refractivity contribution >= 4 is 33.9 Å². The number of benzene rings is 1. The number of amides is 1. The van der Waals surface area contributed by atoms with Crippen molar-refractivity contribution in [2.45, 2.75) is 12.5 Å². The van der Waals surface area contributed by atoms with Crippen LogP contribution in [0.3, 0.4) is 0 Å². The summed E-state index contributed by atoms with van der Waals surface area (Å²) < 4.78 is 5.93. The summed E-state index contributed by atoms with van der Waals surface area (Å²) in [5.41, 5.74) is 0.900. The molecule has 6 heteroatoms. The van der Waals surface area contributed by atoms with Crippen molar-refractivity contribution in [2.24, 2.45) is 0 Å². The van der Waals surface area contributed by atoms with Gasteiger partial charge in [0.15, 0.2) is 0 Å². The van der Waals surface area contributed by atoms with Gasteiger partial charge >= 0.3 is 5.97 Å². The van der Waals surface area contributed by atoms with Gasteiger partial charge in [-0.15, -0.1) is 0 Å². The Hall–Kier alpha value is -1.66. The molecule has 1 rings (SSSR count). The van der Waals surface area contributed by atoms with E-state index < -0.39 is 12.1 Å². The van der Waals surface area contributed by atoms with E-state index in [-0.39, 0.29) is 18.9 Å². The first-order valence-corrected chi connectivity index (χ1v) is 6.76. The highest BCUT2D eigenvalue weighted by Gasteiger charge is 2.12. The second-order valence-corrected chi connectivity index (χ2v) is 5.00. The van der Waals surface area contributed by atoms with E-state index in [0.29, 0.717) is 0 Å². The molecule has 20 heavy (non-hydrogen) atoms. The summed E-state index contributed by atoms with van der Waals surface area (Å²) in [4.78, 5) is 22.1. The third-order valence-electron chi connectivity index (χ3n) is 2.54. The van der Waals surface area contributed by atoms with Crippen LogP contribution >= 0.6 is 15.9 Å². The van der Waals surface area contributed by atoms with Crippen LogP contribution in [0.2, 0.25) is 0 Å². The van der Waals surface area contributed by atoms with E-state index >= 15 is 0 Å². The Balaban J connectivity index is 2.43. The summed E-state index contributed by atoms with van der Waals surface area (Å²) in [6, 6.07) is 7.50. The predicted octanol–water partition coefficient (Wildman–Crippen LogP) is 2.07. The third-order valence-corrected chi connectivity index (χ3v) is 3.07. The summed E-state index contributed by atoms with van der Waals surface area (Å²) in [5, 5.41) is 11.2. The van der Waals surface area contributed by atoms with Gasteiger partial charge in [0, 0.05) is 24.2 Å². The zero-order valence-electron chi connectivity index (χ0n) is 11.0. The highest BCUT2D eigenvalue weighted by molar-refractivity contribution is 9.10. The van der Waals surface area contributed by atoms with E-state index in [2.05, 4.69) is 21.2 Å². The average molecular weight is 342 g/mol. The molecular weight excluding hydrogens is 326 g/mol. The number of ether oxygens (including phenoxy) is 1. The molecule has 1 aromatic carbocycles. The van der Waals surface area contributed by atoms with Crippen LogP contribution in [0.15, 0.2) is 34.8 Å². The lowest BCUT2D eigenvalue weighted by molar-refractivity contribution is -0.140. The summed E-state index contributed by atoms with van der Waals surface area (Å²) in [6.45, 7) is 0.159. The van der Waals surface area contributed by atoms with Crippen LogP contribution < -0.4 is 5.32 Å². The standard InChI is InChI=1S/C14H16BrNO4/c1-20-12(8-14(18)19)9-16-13(17)7-4-10-2-5-11(15)6-3-10/h2-7,12H,8-9H2,1H3,(H,16,17)(H,18,19)/b7-4+. The first-order chi connectivity index (χ1) is 9.51. The largest absolute Gasteiger partial charge is 0.481 e. The van der Waals surface area contributed by atoms with Crippen LogP contribution in [0.1, 0.15) is 12.0 Å². The van der Waals surface area contributed by atoms with Gasteiger partial charge in [0.25, 0.3) is 0 Å². The average Bonchev–Trinajstić information content (AvgIpc) is 2.42. The summed E-state index contributed by atoms with van der Waals surface area (Å²) in [6.07, 6.45) is 2.41. The van der Waals surface area contributed by atoms with Crippen LogP contribution in [0, 0.1) is 0 Å². The zero-order chi connectivity index (χ0) is 15.0. The number of methoxy groups -OCH3 is 1. The Kier molecular flexibility index (Phi) is 6.97. The summed E-state index contributed by atoms with van der Waals surface area (Å²) in [5.74, 6) is -1.25. The first-order valence-electron chi connectivity index (χ1n) is 5.97. The van der Waals surface area contributed by atoms with Crippen molar-refractivity contribution in [3.63, 3.8) is 0 Å². The van der Waals surface area contributed by atoms with E-state index in [0.717, 1.165) is 10.0 Å². The van der Waals surface area contributed by atoms with Crippen LogP contribution in [-0.4, -0.2) is 36.7 Å². The smallest absolute Gasteiger partial charge is 0.306 e. The minimum Gasteiger partial charge on any atom is -0.481 e. The zero-order valence-corrected chi connectivity index (χ0v) is 12.6. The topological polar surface area (TPSA) is 75.6 Å². The van der Waals surface area contributed by atoms with Crippen LogP contribution in [0.5, 0.6) is 0 Å². The maximum absolute atomic E-state index is 11.6. The Morgan fingerprint density at radius 2 is 2.05 bits per heavy atom.